The molecule has 2 heterocycles. The molecule has 0 unspecified atom stereocenters. The van der Waals surface area contributed by atoms with Gasteiger partial charge < -0.3 is 9.73 Å². The fourth-order valence-corrected chi connectivity index (χ4v) is 2.47. The Morgan fingerprint density at radius 3 is 2.78 bits per heavy atom. The van der Waals surface area contributed by atoms with Crippen LogP contribution in [0.2, 0.25) is 0 Å². The SMILES string of the molecule is CCNc1ncc(Br)c(Sc2nc(C)c(C)o2)n1. The number of oxazole rings is 1. The zero-order chi connectivity index (χ0) is 13.1. The minimum absolute atomic E-state index is 0.590. The lowest BCUT2D eigenvalue weighted by molar-refractivity contribution is 0.431. The summed E-state index contributed by atoms with van der Waals surface area (Å²) in [7, 11) is 0. The van der Waals surface area contributed by atoms with E-state index in [0.717, 1.165) is 27.5 Å². The van der Waals surface area contributed by atoms with E-state index in [1.54, 1.807) is 6.20 Å². The monoisotopic (exact) mass is 328 g/mol. The molecule has 0 amide bonds. The maximum Gasteiger partial charge on any atom is 0.262 e. The number of nitrogens with zero attached hydrogens (tertiary/aromatic N) is 3. The average Bonchev–Trinajstić information content (AvgIpc) is 2.63. The number of nitrogens with one attached hydrogen (secondary N) is 1. The first-order valence-corrected chi connectivity index (χ1v) is 7.09. The van der Waals surface area contributed by atoms with Gasteiger partial charge in [0.25, 0.3) is 5.22 Å². The molecule has 0 atom stereocenters. The summed E-state index contributed by atoms with van der Waals surface area (Å²) in [5.41, 5.74) is 0.898. The normalized spacial score (nSPS) is 10.7. The highest BCUT2D eigenvalue weighted by molar-refractivity contribution is 9.10. The Labute approximate surface area is 118 Å². The zero-order valence-corrected chi connectivity index (χ0v) is 12.7. The predicted octanol–water partition coefficient (Wildman–Crippen LogP) is 3.43. The van der Waals surface area contributed by atoms with E-state index in [-0.39, 0.29) is 0 Å². The number of hydrogen-bond acceptors (Lipinski definition) is 6. The molecule has 18 heavy (non-hydrogen) atoms. The van der Waals surface area contributed by atoms with Crippen molar-refractivity contribution in [1.29, 1.82) is 0 Å². The second-order valence-corrected chi connectivity index (χ2v) is 5.39. The third-order valence-corrected chi connectivity index (χ3v) is 3.94. The minimum Gasteiger partial charge on any atom is -0.436 e. The summed E-state index contributed by atoms with van der Waals surface area (Å²) in [5, 5.41) is 4.44. The van der Waals surface area contributed by atoms with Gasteiger partial charge in [-0.3, -0.25) is 0 Å². The molecule has 0 fully saturated rings. The van der Waals surface area contributed by atoms with Crippen LogP contribution >= 0.6 is 27.7 Å². The molecule has 2 aromatic heterocycles. The van der Waals surface area contributed by atoms with E-state index < -0.39 is 0 Å². The molecule has 0 bridgehead atoms. The van der Waals surface area contributed by atoms with Gasteiger partial charge in [-0.15, -0.1) is 0 Å². The topological polar surface area (TPSA) is 63.8 Å². The fraction of sp³-hybridized carbons (Fsp3) is 0.364. The molecule has 1 N–H and O–H groups in total. The first-order valence-electron chi connectivity index (χ1n) is 5.48. The van der Waals surface area contributed by atoms with Crippen molar-refractivity contribution in [1.82, 2.24) is 15.0 Å². The first-order chi connectivity index (χ1) is 8.60. The molecule has 0 radical (unpaired) electrons. The smallest absolute Gasteiger partial charge is 0.262 e. The number of rotatable bonds is 4. The Morgan fingerprint density at radius 2 is 2.17 bits per heavy atom. The molecular weight excluding hydrogens is 316 g/mol. The van der Waals surface area contributed by atoms with Crippen LogP contribution in [0.25, 0.3) is 0 Å². The van der Waals surface area contributed by atoms with Crippen LogP contribution < -0.4 is 5.32 Å². The second kappa shape index (κ2) is 5.71. The largest absolute Gasteiger partial charge is 0.436 e. The van der Waals surface area contributed by atoms with E-state index >= 15 is 0 Å². The number of aryl methyl sites for hydroxylation is 2. The van der Waals surface area contributed by atoms with Crippen LogP contribution in [0.3, 0.4) is 0 Å². The van der Waals surface area contributed by atoms with Crippen molar-refractivity contribution in [2.75, 3.05) is 11.9 Å². The van der Waals surface area contributed by atoms with E-state index in [1.807, 2.05) is 20.8 Å². The highest BCUT2D eigenvalue weighted by Crippen LogP contribution is 2.32. The van der Waals surface area contributed by atoms with Gasteiger partial charge in [0.2, 0.25) is 5.95 Å². The van der Waals surface area contributed by atoms with Crippen LogP contribution in [-0.4, -0.2) is 21.5 Å². The van der Waals surface area contributed by atoms with E-state index in [2.05, 4.69) is 36.2 Å². The van der Waals surface area contributed by atoms with Gasteiger partial charge in [0.05, 0.1) is 10.2 Å². The highest BCUT2D eigenvalue weighted by atomic mass is 79.9. The van der Waals surface area contributed by atoms with Gasteiger partial charge in [-0.25, -0.2) is 15.0 Å². The molecule has 5 nitrogen and oxygen atoms in total. The molecule has 0 spiro atoms. The minimum atomic E-state index is 0.590. The lowest BCUT2D eigenvalue weighted by Gasteiger charge is -2.04. The van der Waals surface area contributed by atoms with Gasteiger partial charge in [0, 0.05) is 12.7 Å². The van der Waals surface area contributed by atoms with Crippen molar-refractivity contribution in [3.8, 4) is 0 Å². The number of hydrogen-bond donors (Lipinski definition) is 1. The molecule has 0 saturated carbocycles. The van der Waals surface area contributed by atoms with Gasteiger partial charge >= 0.3 is 0 Å². The molecule has 0 aliphatic heterocycles. The van der Waals surface area contributed by atoms with Crippen molar-refractivity contribution in [3.63, 3.8) is 0 Å². The Morgan fingerprint density at radius 1 is 1.39 bits per heavy atom. The molecule has 7 heteroatoms. The van der Waals surface area contributed by atoms with E-state index in [4.69, 9.17) is 4.42 Å². The molecule has 0 aliphatic rings. The van der Waals surface area contributed by atoms with Crippen molar-refractivity contribution in [2.45, 2.75) is 31.0 Å². The molecule has 0 saturated heterocycles. The van der Waals surface area contributed by atoms with Crippen LogP contribution in [0.4, 0.5) is 5.95 Å². The average molecular weight is 329 g/mol. The van der Waals surface area contributed by atoms with Crippen molar-refractivity contribution in [2.24, 2.45) is 0 Å². The third-order valence-electron chi connectivity index (χ3n) is 2.24. The first kappa shape index (κ1) is 13.4. The third kappa shape index (κ3) is 3.02. The summed E-state index contributed by atoms with van der Waals surface area (Å²) in [6, 6.07) is 0. The number of halogens is 1. The molecule has 0 aromatic carbocycles. The summed E-state index contributed by atoms with van der Waals surface area (Å²) >= 11 is 4.79. The number of anilines is 1. The summed E-state index contributed by atoms with van der Waals surface area (Å²) < 4.78 is 6.35. The Hall–Kier alpha value is -1.08. The summed E-state index contributed by atoms with van der Waals surface area (Å²) in [6.45, 7) is 6.59. The van der Waals surface area contributed by atoms with E-state index in [1.165, 1.54) is 11.8 Å². The zero-order valence-electron chi connectivity index (χ0n) is 10.3. The van der Waals surface area contributed by atoms with Gasteiger partial charge in [-0.05, 0) is 48.5 Å². The maximum atomic E-state index is 5.52. The van der Waals surface area contributed by atoms with Crippen LogP contribution in [0.15, 0.2) is 25.3 Å². The van der Waals surface area contributed by atoms with Crippen LogP contribution in [-0.2, 0) is 0 Å². The molecule has 0 aliphatic carbocycles. The lowest BCUT2D eigenvalue weighted by Crippen LogP contribution is -2.02. The Balaban J connectivity index is 2.24. The summed E-state index contributed by atoms with van der Waals surface area (Å²) in [4.78, 5) is 12.9. The van der Waals surface area contributed by atoms with Crippen molar-refractivity contribution >= 4 is 33.6 Å². The van der Waals surface area contributed by atoms with Gasteiger partial charge in [-0.2, -0.15) is 0 Å². The second-order valence-electron chi connectivity index (χ2n) is 3.60. The van der Waals surface area contributed by atoms with Crippen LogP contribution in [0.5, 0.6) is 0 Å². The molecule has 2 aromatic rings. The molecule has 96 valence electrons. The van der Waals surface area contributed by atoms with Gasteiger partial charge in [0.1, 0.15) is 10.8 Å². The van der Waals surface area contributed by atoms with E-state index in [9.17, 15) is 0 Å². The van der Waals surface area contributed by atoms with Gasteiger partial charge in [0.15, 0.2) is 0 Å². The Bertz CT molecular complexity index is 538. The van der Waals surface area contributed by atoms with Crippen molar-refractivity contribution in [3.05, 3.63) is 22.1 Å². The Kier molecular flexibility index (Phi) is 4.23. The molecule has 2 rings (SSSR count). The van der Waals surface area contributed by atoms with Gasteiger partial charge in [-0.1, -0.05) is 0 Å². The maximum absolute atomic E-state index is 5.52. The molecular formula is C11H13BrN4OS. The quantitative estimate of drug-likeness (QED) is 0.867. The fourth-order valence-electron chi connectivity index (χ4n) is 1.24. The number of aromatic nitrogens is 3. The highest BCUT2D eigenvalue weighted by Gasteiger charge is 2.12. The predicted molar refractivity (Wildman–Crippen MR) is 74.0 cm³/mol. The van der Waals surface area contributed by atoms with Crippen molar-refractivity contribution < 1.29 is 4.42 Å². The standard InChI is InChI=1S/C11H13BrN4OS/c1-4-13-10-14-5-8(12)9(16-10)18-11-15-6(2)7(3)17-11/h5H,4H2,1-3H3,(H,13,14,16). The van der Waals surface area contributed by atoms with E-state index in [0.29, 0.717) is 11.2 Å². The van der Waals surface area contributed by atoms with Crippen LogP contribution in [0, 0.1) is 13.8 Å². The lowest BCUT2D eigenvalue weighted by atomic mass is 10.4. The van der Waals surface area contributed by atoms with Crippen LogP contribution in [0.1, 0.15) is 18.4 Å². The summed E-state index contributed by atoms with van der Waals surface area (Å²) in [6.07, 6.45) is 1.72. The summed E-state index contributed by atoms with van der Waals surface area (Å²) in [5.74, 6) is 1.43.